The number of hydrogen-bond donors (Lipinski definition) is 1. The molecular formula is C24H18F2N6O3. The zero-order valence-corrected chi connectivity index (χ0v) is 18.4. The molecule has 1 N–H and O–H groups in total. The van der Waals surface area contributed by atoms with E-state index < -0.39 is 17.2 Å². The first-order valence-corrected chi connectivity index (χ1v) is 10.8. The van der Waals surface area contributed by atoms with Crippen molar-refractivity contribution in [1.29, 1.82) is 0 Å². The zero-order valence-electron chi connectivity index (χ0n) is 18.4. The molecule has 4 heterocycles. The molecule has 0 aliphatic carbocycles. The minimum Gasteiger partial charge on any atom is -0.486 e. The van der Waals surface area contributed by atoms with Gasteiger partial charge in [0.05, 0.1) is 23.0 Å². The predicted octanol–water partition coefficient (Wildman–Crippen LogP) is 3.21. The van der Waals surface area contributed by atoms with Crippen LogP contribution in [0.4, 0.5) is 14.7 Å². The number of benzene rings is 2. The summed E-state index contributed by atoms with van der Waals surface area (Å²) < 4.78 is 41.6. The van der Waals surface area contributed by atoms with Crippen LogP contribution in [0.2, 0.25) is 0 Å². The smallest absolute Gasteiger partial charge is 0.267 e. The van der Waals surface area contributed by atoms with Crippen LogP contribution in [0, 0.1) is 11.6 Å². The largest absolute Gasteiger partial charge is 0.486 e. The van der Waals surface area contributed by atoms with Crippen LogP contribution in [0.15, 0.2) is 59.7 Å². The number of anilines is 1. The van der Waals surface area contributed by atoms with E-state index in [9.17, 15) is 13.6 Å². The van der Waals surface area contributed by atoms with Crippen LogP contribution in [0.3, 0.4) is 0 Å². The number of nitrogens with one attached hydrogen (secondary N) is 1. The number of aromatic nitrogens is 5. The number of halogens is 2. The van der Waals surface area contributed by atoms with Crippen LogP contribution < -0.4 is 19.9 Å². The number of ether oxygens (including phenoxy) is 2. The molecule has 0 amide bonds. The Morgan fingerprint density at radius 3 is 2.83 bits per heavy atom. The summed E-state index contributed by atoms with van der Waals surface area (Å²) >= 11 is 0. The normalized spacial score (nSPS) is 15.0. The van der Waals surface area contributed by atoms with Crippen LogP contribution in [-0.2, 0) is 0 Å². The Morgan fingerprint density at radius 2 is 1.97 bits per heavy atom. The number of likely N-dealkylation sites (N-methyl/N-ethyl adjacent to an activating group) is 1. The van der Waals surface area contributed by atoms with Gasteiger partial charge in [-0.2, -0.15) is 10.1 Å². The highest BCUT2D eigenvalue weighted by molar-refractivity contribution is 6.02. The number of pyridine rings is 1. The molecule has 0 fully saturated rings. The lowest BCUT2D eigenvalue weighted by atomic mass is 10.2. The standard InChI is InChI=1S/C24H18F2N6O3/c1-31(11-13-12-34-18-7-2-3-8-19(18)35-13)24-27-9-14-21-15(10-28-30-21)23(33)32(22(14)29-24)17-6-4-5-16(25)20(17)26/h2-10,13H,11-12H2,1H3,(H,28,30)/t13-/m0/s1. The maximum Gasteiger partial charge on any atom is 0.267 e. The number of fused-ring (bicyclic) bond motifs is 4. The van der Waals surface area contributed by atoms with Gasteiger partial charge in [-0.05, 0) is 24.3 Å². The summed E-state index contributed by atoms with van der Waals surface area (Å²) in [5, 5.41) is 7.40. The third-order valence-electron chi connectivity index (χ3n) is 5.86. The summed E-state index contributed by atoms with van der Waals surface area (Å²) in [6.45, 7) is 0.713. The molecule has 3 aromatic heterocycles. The fourth-order valence-corrected chi connectivity index (χ4v) is 4.19. The van der Waals surface area contributed by atoms with Crippen molar-refractivity contribution in [3.05, 3.63) is 76.8 Å². The first-order valence-electron chi connectivity index (χ1n) is 10.8. The van der Waals surface area contributed by atoms with Gasteiger partial charge in [0.15, 0.2) is 34.9 Å². The highest BCUT2D eigenvalue weighted by Gasteiger charge is 2.24. The van der Waals surface area contributed by atoms with Crippen molar-refractivity contribution in [2.24, 2.45) is 0 Å². The lowest BCUT2D eigenvalue weighted by Gasteiger charge is -2.29. The molecule has 0 spiro atoms. The molecule has 11 heteroatoms. The van der Waals surface area contributed by atoms with Crippen molar-refractivity contribution < 1.29 is 18.3 Å². The Labute approximate surface area is 196 Å². The lowest BCUT2D eigenvalue weighted by Crippen LogP contribution is -2.40. The summed E-state index contributed by atoms with van der Waals surface area (Å²) in [4.78, 5) is 24.0. The Balaban J connectivity index is 1.44. The van der Waals surface area contributed by atoms with Gasteiger partial charge in [-0.15, -0.1) is 0 Å². The van der Waals surface area contributed by atoms with Crippen LogP contribution >= 0.6 is 0 Å². The van der Waals surface area contributed by atoms with Gasteiger partial charge in [0, 0.05) is 19.4 Å². The van der Waals surface area contributed by atoms with Crippen molar-refractivity contribution >= 4 is 27.9 Å². The van der Waals surface area contributed by atoms with Gasteiger partial charge in [0.25, 0.3) is 5.56 Å². The van der Waals surface area contributed by atoms with Gasteiger partial charge in [0.1, 0.15) is 12.1 Å². The van der Waals surface area contributed by atoms with E-state index in [1.54, 1.807) is 11.9 Å². The molecule has 9 nitrogen and oxygen atoms in total. The van der Waals surface area contributed by atoms with Crippen molar-refractivity contribution in [3.8, 4) is 17.2 Å². The second-order valence-corrected chi connectivity index (χ2v) is 8.15. The molecule has 2 aromatic carbocycles. The van der Waals surface area contributed by atoms with Gasteiger partial charge in [0.2, 0.25) is 5.95 Å². The molecule has 0 saturated heterocycles. The van der Waals surface area contributed by atoms with E-state index in [-0.39, 0.29) is 28.8 Å². The summed E-state index contributed by atoms with van der Waals surface area (Å²) in [5.41, 5.74) is -0.398. The summed E-state index contributed by atoms with van der Waals surface area (Å²) in [7, 11) is 1.77. The SMILES string of the molecule is CN(C[C@H]1COc2ccccc2O1)c1ncc2c3n[nH]cc3c(=O)n(-c3cccc(F)c3F)c2n1. The van der Waals surface area contributed by atoms with E-state index in [4.69, 9.17) is 9.47 Å². The number of rotatable bonds is 4. The van der Waals surface area contributed by atoms with Crippen molar-refractivity contribution in [2.45, 2.75) is 6.10 Å². The summed E-state index contributed by atoms with van der Waals surface area (Å²) in [6, 6.07) is 11.0. The maximum absolute atomic E-state index is 14.8. The van der Waals surface area contributed by atoms with Gasteiger partial charge < -0.3 is 14.4 Å². The second-order valence-electron chi connectivity index (χ2n) is 8.15. The van der Waals surface area contributed by atoms with E-state index >= 15 is 0 Å². The molecule has 1 aliphatic heterocycles. The molecular weight excluding hydrogens is 458 g/mol. The Hall–Kier alpha value is -4.54. The van der Waals surface area contributed by atoms with E-state index in [1.165, 1.54) is 24.5 Å². The summed E-state index contributed by atoms with van der Waals surface area (Å²) in [5.74, 6) is -0.639. The van der Waals surface area contributed by atoms with Crippen molar-refractivity contribution in [3.63, 3.8) is 0 Å². The molecule has 5 aromatic rings. The van der Waals surface area contributed by atoms with Gasteiger partial charge in [-0.3, -0.25) is 14.5 Å². The van der Waals surface area contributed by atoms with Crippen LogP contribution in [-0.4, -0.2) is 51.0 Å². The number of hydrogen-bond acceptors (Lipinski definition) is 7. The molecule has 1 atom stereocenters. The Kier molecular flexibility index (Phi) is 4.83. The highest BCUT2D eigenvalue weighted by atomic mass is 19.2. The van der Waals surface area contributed by atoms with Crippen molar-refractivity contribution in [1.82, 2.24) is 24.7 Å². The molecule has 0 bridgehead atoms. The summed E-state index contributed by atoms with van der Waals surface area (Å²) in [6.07, 6.45) is 2.62. The highest BCUT2D eigenvalue weighted by Crippen LogP contribution is 2.31. The average Bonchev–Trinajstić information content (AvgIpc) is 3.37. The molecule has 176 valence electrons. The van der Waals surface area contributed by atoms with Gasteiger partial charge in [-0.25, -0.2) is 13.8 Å². The predicted molar refractivity (Wildman–Crippen MR) is 124 cm³/mol. The maximum atomic E-state index is 14.8. The molecule has 35 heavy (non-hydrogen) atoms. The average molecular weight is 476 g/mol. The van der Waals surface area contributed by atoms with Gasteiger partial charge >= 0.3 is 0 Å². The molecule has 0 radical (unpaired) electrons. The molecule has 0 saturated carbocycles. The number of aromatic amines is 1. The third-order valence-corrected chi connectivity index (χ3v) is 5.86. The van der Waals surface area contributed by atoms with Crippen LogP contribution in [0.1, 0.15) is 0 Å². The van der Waals surface area contributed by atoms with E-state index in [0.29, 0.717) is 35.6 Å². The molecule has 0 unspecified atom stereocenters. The minimum atomic E-state index is -1.15. The fraction of sp³-hybridized carbons (Fsp3) is 0.167. The van der Waals surface area contributed by atoms with E-state index in [2.05, 4.69) is 20.2 Å². The first kappa shape index (κ1) is 21.0. The van der Waals surface area contributed by atoms with Crippen molar-refractivity contribution in [2.75, 3.05) is 25.1 Å². The minimum absolute atomic E-state index is 0.0992. The van der Waals surface area contributed by atoms with Gasteiger partial charge in [-0.1, -0.05) is 18.2 Å². The zero-order chi connectivity index (χ0) is 24.1. The topological polar surface area (TPSA) is 98.2 Å². The van der Waals surface area contributed by atoms with E-state index in [1.807, 2.05) is 24.3 Å². The van der Waals surface area contributed by atoms with Crippen LogP contribution in [0.25, 0.3) is 27.6 Å². The Morgan fingerprint density at radius 1 is 1.14 bits per heavy atom. The third kappa shape index (κ3) is 3.43. The molecule has 6 rings (SSSR count). The second kappa shape index (κ2) is 8.05. The lowest BCUT2D eigenvalue weighted by molar-refractivity contribution is 0.0958. The molecule has 1 aliphatic rings. The number of para-hydroxylation sites is 2. The Bertz CT molecular complexity index is 1650. The van der Waals surface area contributed by atoms with Crippen LogP contribution in [0.5, 0.6) is 11.5 Å². The number of H-pyrrole nitrogens is 1. The fourth-order valence-electron chi connectivity index (χ4n) is 4.19. The monoisotopic (exact) mass is 476 g/mol. The quantitative estimate of drug-likeness (QED) is 0.425. The first-order chi connectivity index (χ1) is 17.0. The number of nitrogens with zero attached hydrogens (tertiary/aromatic N) is 5. The van der Waals surface area contributed by atoms with E-state index in [0.717, 1.165) is 10.6 Å².